The molecule has 0 fully saturated rings. The summed E-state index contributed by atoms with van der Waals surface area (Å²) in [5, 5.41) is 19.6. The summed E-state index contributed by atoms with van der Waals surface area (Å²) in [5.41, 5.74) is 0.328. The van der Waals surface area contributed by atoms with E-state index in [-0.39, 0.29) is 23.6 Å². The van der Waals surface area contributed by atoms with E-state index in [1.54, 1.807) is 24.1 Å². The lowest BCUT2D eigenvalue weighted by atomic mass is 10.1. The second-order valence-electron chi connectivity index (χ2n) is 3.82. The van der Waals surface area contributed by atoms with Crippen molar-refractivity contribution in [1.82, 2.24) is 0 Å². The van der Waals surface area contributed by atoms with Crippen LogP contribution in [-0.2, 0) is 9.53 Å². The van der Waals surface area contributed by atoms with Crippen LogP contribution in [0.2, 0.25) is 0 Å². The van der Waals surface area contributed by atoms with Crippen molar-refractivity contribution in [3.8, 4) is 6.07 Å². The zero-order valence-corrected chi connectivity index (χ0v) is 10.6. The highest BCUT2D eigenvalue weighted by molar-refractivity contribution is 5.70. The lowest BCUT2D eigenvalue weighted by Gasteiger charge is -2.18. The second-order valence-corrected chi connectivity index (χ2v) is 3.82. The molecule has 0 aliphatic rings. The van der Waals surface area contributed by atoms with Gasteiger partial charge in [-0.15, -0.1) is 0 Å². The van der Waals surface area contributed by atoms with Crippen molar-refractivity contribution in [2.45, 2.75) is 6.42 Å². The Balaban J connectivity index is 2.90. The number of benzene rings is 1. The van der Waals surface area contributed by atoms with Gasteiger partial charge in [0, 0.05) is 25.3 Å². The number of carbonyl (C=O) groups excluding carboxylic acids is 1. The molecule has 0 aliphatic heterocycles. The van der Waals surface area contributed by atoms with E-state index in [0.717, 1.165) is 0 Å². The maximum Gasteiger partial charge on any atom is 0.307 e. The van der Waals surface area contributed by atoms with Crippen molar-refractivity contribution >= 4 is 17.3 Å². The molecule has 0 aliphatic carbocycles. The smallest absolute Gasteiger partial charge is 0.307 e. The Morgan fingerprint density at radius 2 is 2.26 bits per heavy atom. The average molecular weight is 263 g/mol. The zero-order valence-electron chi connectivity index (χ0n) is 10.6. The van der Waals surface area contributed by atoms with Gasteiger partial charge in [0.2, 0.25) is 0 Å². The molecule has 1 aromatic carbocycles. The van der Waals surface area contributed by atoms with Crippen LogP contribution in [0.4, 0.5) is 11.4 Å². The third-order valence-corrected chi connectivity index (χ3v) is 2.62. The molecule has 0 radical (unpaired) electrons. The molecule has 0 saturated carbocycles. The first-order valence-corrected chi connectivity index (χ1v) is 5.46. The predicted octanol–water partition coefficient (Wildman–Crippen LogP) is 1.47. The van der Waals surface area contributed by atoms with E-state index < -0.39 is 4.92 Å². The zero-order chi connectivity index (χ0) is 14.4. The predicted molar refractivity (Wildman–Crippen MR) is 67.7 cm³/mol. The van der Waals surface area contributed by atoms with Crippen LogP contribution in [-0.4, -0.2) is 31.6 Å². The fourth-order valence-electron chi connectivity index (χ4n) is 1.49. The van der Waals surface area contributed by atoms with Crippen LogP contribution in [0.3, 0.4) is 0 Å². The number of nitrogens with zero attached hydrogens (tertiary/aromatic N) is 3. The van der Waals surface area contributed by atoms with Crippen molar-refractivity contribution in [2.75, 3.05) is 25.6 Å². The van der Waals surface area contributed by atoms with Crippen LogP contribution in [0.15, 0.2) is 18.2 Å². The molecular formula is C12H13N3O4. The third kappa shape index (κ3) is 3.67. The summed E-state index contributed by atoms with van der Waals surface area (Å²) >= 11 is 0. The summed E-state index contributed by atoms with van der Waals surface area (Å²) < 4.78 is 4.52. The van der Waals surface area contributed by atoms with Gasteiger partial charge in [-0.2, -0.15) is 5.26 Å². The molecule has 0 unspecified atom stereocenters. The van der Waals surface area contributed by atoms with Gasteiger partial charge in [-0.25, -0.2) is 0 Å². The number of rotatable bonds is 5. The fraction of sp³-hybridized carbons (Fsp3) is 0.333. The van der Waals surface area contributed by atoms with Gasteiger partial charge >= 0.3 is 5.97 Å². The average Bonchev–Trinajstić information content (AvgIpc) is 2.43. The maximum absolute atomic E-state index is 11.0. The van der Waals surface area contributed by atoms with Gasteiger partial charge in [-0.1, -0.05) is 0 Å². The number of hydrogen-bond acceptors (Lipinski definition) is 6. The van der Waals surface area contributed by atoms with Gasteiger partial charge in [-0.05, 0) is 12.1 Å². The minimum Gasteiger partial charge on any atom is -0.469 e. The molecule has 1 aromatic rings. The van der Waals surface area contributed by atoms with Crippen LogP contribution in [0, 0.1) is 21.4 Å². The number of carbonyl (C=O) groups is 1. The lowest BCUT2D eigenvalue weighted by molar-refractivity contribution is -0.385. The largest absolute Gasteiger partial charge is 0.469 e. The molecule has 0 bridgehead atoms. The fourth-order valence-corrected chi connectivity index (χ4v) is 1.49. The van der Waals surface area contributed by atoms with Gasteiger partial charge in [0.15, 0.2) is 0 Å². The summed E-state index contributed by atoms with van der Waals surface area (Å²) in [5.74, 6) is -0.352. The van der Waals surface area contributed by atoms with Crippen molar-refractivity contribution in [2.24, 2.45) is 0 Å². The van der Waals surface area contributed by atoms with Gasteiger partial charge < -0.3 is 9.64 Å². The Kier molecular flexibility index (Phi) is 4.83. The first-order valence-electron chi connectivity index (χ1n) is 5.46. The van der Waals surface area contributed by atoms with Crippen LogP contribution in [0.1, 0.15) is 12.0 Å². The Hall–Kier alpha value is -2.62. The molecule has 1 rings (SSSR count). The second kappa shape index (κ2) is 6.35. The standard InChI is InChI=1S/C12H13N3O4/c1-14(6-5-12(16)19-2)10-4-3-9(8-13)11(7-10)15(17)18/h3-4,7H,5-6H2,1-2H3. The van der Waals surface area contributed by atoms with Gasteiger partial charge in [-0.3, -0.25) is 14.9 Å². The highest BCUT2D eigenvalue weighted by atomic mass is 16.6. The van der Waals surface area contributed by atoms with Crippen molar-refractivity contribution < 1.29 is 14.5 Å². The number of nitriles is 1. The first-order chi connectivity index (χ1) is 8.99. The molecule has 0 saturated heterocycles. The van der Waals surface area contributed by atoms with E-state index >= 15 is 0 Å². The molecule has 19 heavy (non-hydrogen) atoms. The van der Waals surface area contributed by atoms with Crippen molar-refractivity contribution in [1.29, 1.82) is 5.26 Å². The highest BCUT2D eigenvalue weighted by Crippen LogP contribution is 2.24. The van der Waals surface area contributed by atoms with Gasteiger partial charge in [0.05, 0.1) is 18.5 Å². The monoisotopic (exact) mass is 263 g/mol. The minimum atomic E-state index is -0.601. The topological polar surface area (TPSA) is 96.5 Å². The Labute approximate surface area is 110 Å². The van der Waals surface area contributed by atoms with E-state index in [1.807, 2.05) is 0 Å². The number of anilines is 1. The van der Waals surface area contributed by atoms with E-state index in [9.17, 15) is 14.9 Å². The van der Waals surface area contributed by atoms with Crippen molar-refractivity contribution in [3.63, 3.8) is 0 Å². The maximum atomic E-state index is 11.0. The molecule has 0 aromatic heterocycles. The number of esters is 1. The Morgan fingerprint density at radius 3 is 2.79 bits per heavy atom. The number of hydrogen-bond donors (Lipinski definition) is 0. The number of nitro groups is 1. The summed E-state index contributed by atoms with van der Waals surface area (Å²) in [7, 11) is 3.00. The van der Waals surface area contributed by atoms with Crippen LogP contribution in [0.5, 0.6) is 0 Å². The molecule has 0 amide bonds. The van der Waals surface area contributed by atoms with Crippen LogP contribution in [0.25, 0.3) is 0 Å². The molecule has 100 valence electrons. The number of ether oxygens (including phenoxy) is 1. The molecule has 0 heterocycles. The van der Waals surface area contributed by atoms with E-state index in [0.29, 0.717) is 12.2 Å². The summed E-state index contributed by atoms with van der Waals surface area (Å²) in [6.45, 7) is 0.371. The molecule has 0 N–H and O–H groups in total. The SMILES string of the molecule is COC(=O)CCN(C)c1ccc(C#N)c([N+](=O)[O-])c1. The number of nitro benzene ring substituents is 1. The molecule has 0 atom stereocenters. The number of methoxy groups -OCH3 is 1. The van der Waals surface area contributed by atoms with Gasteiger partial charge in [0.1, 0.15) is 11.6 Å². The Morgan fingerprint density at radius 1 is 1.58 bits per heavy atom. The first kappa shape index (κ1) is 14.4. The quantitative estimate of drug-likeness (QED) is 0.453. The van der Waals surface area contributed by atoms with Crippen molar-refractivity contribution in [3.05, 3.63) is 33.9 Å². The minimum absolute atomic E-state index is 0.00937. The lowest BCUT2D eigenvalue weighted by Crippen LogP contribution is -2.21. The van der Waals surface area contributed by atoms with E-state index in [1.165, 1.54) is 19.2 Å². The normalized spacial score (nSPS) is 9.53. The molecule has 7 nitrogen and oxygen atoms in total. The van der Waals surface area contributed by atoms with Gasteiger partial charge in [0.25, 0.3) is 5.69 Å². The van der Waals surface area contributed by atoms with E-state index in [4.69, 9.17) is 5.26 Å². The van der Waals surface area contributed by atoms with E-state index in [2.05, 4.69) is 4.74 Å². The molecular weight excluding hydrogens is 250 g/mol. The molecule has 7 heteroatoms. The highest BCUT2D eigenvalue weighted by Gasteiger charge is 2.16. The third-order valence-electron chi connectivity index (χ3n) is 2.62. The summed E-state index contributed by atoms with van der Waals surface area (Å²) in [4.78, 5) is 22.9. The van der Waals surface area contributed by atoms with Crippen LogP contribution < -0.4 is 4.90 Å². The Bertz CT molecular complexity index is 536. The van der Waals surface area contributed by atoms with Crippen LogP contribution >= 0.6 is 0 Å². The molecule has 0 spiro atoms. The summed E-state index contributed by atoms with van der Waals surface area (Å²) in [6.07, 6.45) is 0.181. The summed E-state index contributed by atoms with van der Waals surface area (Å²) in [6, 6.07) is 6.07.